The van der Waals surface area contributed by atoms with Crippen LogP contribution in [0, 0.1) is 0 Å². The van der Waals surface area contributed by atoms with Crippen LogP contribution in [-0.2, 0) is 4.79 Å². The minimum absolute atomic E-state index is 0.195. The van der Waals surface area contributed by atoms with Gasteiger partial charge in [-0.2, -0.15) is 0 Å². The molecule has 0 spiro atoms. The summed E-state index contributed by atoms with van der Waals surface area (Å²) in [6.45, 7) is 2.34. The van der Waals surface area contributed by atoms with E-state index in [1.807, 2.05) is 4.90 Å². The Morgan fingerprint density at radius 2 is 2.06 bits per heavy atom. The van der Waals surface area contributed by atoms with E-state index in [0.717, 1.165) is 25.9 Å². The molecule has 0 atom stereocenters. The number of anilines is 2. The number of hydrazine groups is 1. The van der Waals surface area contributed by atoms with Crippen molar-refractivity contribution < 1.29 is 4.79 Å². The van der Waals surface area contributed by atoms with Crippen LogP contribution >= 0.6 is 0 Å². The lowest BCUT2D eigenvalue weighted by Gasteiger charge is -2.15. The topological polar surface area (TPSA) is 96.2 Å². The van der Waals surface area contributed by atoms with Crippen LogP contribution in [0.3, 0.4) is 0 Å². The van der Waals surface area contributed by atoms with Gasteiger partial charge in [-0.1, -0.05) is 0 Å². The number of nitrogens with one attached hydrogen (secondary N) is 2. The van der Waals surface area contributed by atoms with Gasteiger partial charge < -0.3 is 15.6 Å². The molecule has 0 unspecified atom stereocenters. The monoisotopic (exact) mass is 250 g/mol. The highest BCUT2D eigenvalue weighted by molar-refractivity contribution is 5.76. The van der Waals surface area contributed by atoms with Gasteiger partial charge in [0.25, 0.3) is 0 Å². The summed E-state index contributed by atoms with van der Waals surface area (Å²) in [4.78, 5) is 21.8. The molecule has 4 N–H and O–H groups in total. The maximum absolute atomic E-state index is 11.8. The number of nitrogens with two attached hydrogens (primary N) is 1. The van der Waals surface area contributed by atoms with Crippen LogP contribution in [0.25, 0.3) is 0 Å². The van der Waals surface area contributed by atoms with Crippen molar-refractivity contribution in [3.63, 3.8) is 0 Å². The Morgan fingerprint density at radius 3 is 2.78 bits per heavy atom. The Balaban J connectivity index is 1.75. The van der Waals surface area contributed by atoms with Crippen LogP contribution in [-0.4, -0.2) is 40.4 Å². The molecule has 98 valence electrons. The summed E-state index contributed by atoms with van der Waals surface area (Å²) in [5.41, 5.74) is 2.42. The smallest absolute Gasteiger partial charge is 0.224 e. The zero-order chi connectivity index (χ0) is 12.8. The first-order valence-electron chi connectivity index (χ1n) is 6.10. The third kappa shape index (κ3) is 3.30. The summed E-state index contributed by atoms with van der Waals surface area (Å²) in [5, 5.41) is 3.06. The van der Waals surface area contributed by atoms with Gasteiger partial charge in [0.2, 0.25) is 5.91 Å². The number of hydrogen-bond acceptors (Lipinski definition) is 6. The van der Waals surface area contributed by atoms with Crippen molar-refractivity contribution in [2.75, 3.05) is 30.4 Å². The maximum atomic E-state index is 11.8. The van der Waals surface area contributed by atoms with Crippen molar-refractivity contribution in [3.05, 3.63) is 12.4 Å². The van der Waals surface area contributed by atoms with Gasteiger partial charge in [-0.15, -0.1) is 0 Å². The molecular weight excluding hydrogens is 232 g/mol. The fourth-order valence-corrected chi connectivity index (χ4v) is 1.94. The van der Waals surface area contributed by atoms with E-state index in [0.29, 0.717) is 24.6 Å². The number of nitrogen functional groups attached to an aromatic ring is 1. The van der Waals surface area contributed by atoms with Crippen LogP contribution in [0.4, 0.5) is 11.6 Å². The largest absolute Gasteiger partial charge is 0.368 e. The van der Waals surface area contributed by atoms with Gasteiger partial charge in [0.1, 0.15) is 5.82 Å². The van der Waals surface area contributed by atoms with E-state index in [-0.39, 0.29) is 5.91 Å². The summed E-state index contributed by atoms with van der Waals surface area (Å²) >= 11 is 0. The van der Waals surface area contributed by atoms with Crippen LogP contribution in [0.1, 0.15) is 19.3 Å². The molecule has 1 saturated heterocycles. The molecule has 18 heavy (non-hydrogen) atoms. The highest BCUT2D eigenvalue weighted by Gasteiger charge is 2.16. The third-order valence-electron chi connectivity index (χ3n) is 2.89. The fraction of sp³-hybridized carbons (Fsp3) is 0.545. The van der Waals surface area contributed by atoms with Crippen molar-refractivity contribution >= 4 is 17.5 Å². The molecule has 1 aliphatic rings. The van der Waals surface area contributed by atoms with E-state index < -0.39 is 0 Å². The molecule has 0 bridgehead atoms. The lowest BCUT2D eigenvalue weighted by molar-refractivity contribution is -0.129. The molecule has 2 heterocycles. The molecule has 7 nitrogen and oxygen atoms in total. The predicted octanol–water partition coefficient (Wildman–Crippen LogP) is 0.187. The number of amides is 1. The number of hydrogen-bond donors (Lipinski definition) is 3. The Kier molecular flexibility index (Phi) is 4.30. The van der Waals surface area contributed by atoms with E-state index in [1.54, 1.807) is 6.20 Å². The molecule has 1 aliphatic heterocycles. The van der Waals surface area contributed by atoms with Crippen molar-refractivity contribution in [1.82, 2.24) is 14.9 Å². The number of aromatic nitrogens is 2. The van der Waals surface area contributed by atoms with Gasteiger partial charge in [0.05, 0.1) is 12.4 Å². The quantitative estimate of drug-likeness (QED) is 0.510. The fourth-order valence-electron chi connectivity index (χ4n) is 1.94. The Labute approximate surface area is 106 Å². The molecule has 0 saturated carbocycles. The second kappa shape index (κ2) is 6.15. The van der Waals surface area contributed by atoms with E-state index >= 15 is 0 Å². The summed E-state index contributed by atoms with van der Waals surface area (Å²) < 4.78 is 0. The highest BCUT2D eigenvalue weighted by atomic mass is 16.2. The normalized spacial score (nSPS) is 14.6. The lowest BCUT2D eigenvalue weighted by Crippen LogP contribution is -2.29. The second-order valence-corrected chi connectivity index (χ2v) is 4.20. The van der Waals surface area contributed by atoms with Crippen molar-refractivity contribution in [2.24, 2.45) is 5.84 Å². The van der Waals surface area contributed by atoms with Gasteiger partial charge in [-0.05, 0) is 12.8 Å². The van der Waals surface area contributed by atoms with Crippen molar-refractivity contribution in [1.29, 1.82) is 0 Å². The molecule has 7 heteroatoms. The van der Waals surface area contributed by atoms with E-state index in [1.165, 1.54) is 6.20 Å². The molecule has 0 aromatic carbocycles. The summed E-state index contributed by atoms with van der Waals surface area (Å²) in [7, 11) is 0. The molecule has 2 rings (SSSR count). The highest BCUT2D eigenvalue weighted by Crippen LogP contribution is 2.09. The standard InChI is InChI=1S/C11H18N6O/c12-16-10-8-13-7-9(15-10)14-4-3-11(18)17-5-1-2-6-17/h7-8H,1-6,12H2,(H2,14,15,16). The van der Waals surface area contributed by atoms with Crippen LogP contribution in [0.2, 0.25) is 0 Å². The van der Waals surface area contributed by atoms with Gasteiger partial charge in [-0.25, -0.2) is 10.8 Å². The first kappa shape index (κ1) is 12.6. The molecule has 0 radical (unpaired) electrons. The zero-order valence-corrected chi connectivity index (χ0v) is 10.2. The number of rotatable bonds is 5. The minimum Gasteiger partial charge on any atom is -0.368 e. The third-order valence-corrected chi connectivity index (χ3v) is 2.89. The predicted molar refractivity (Wildman–Crippen MR) is 68.8 cm³/mol. The zero-order valence-electron chi connectivity index (χ0n) is 10.2. The number of carbonyl (C=O) groups excluding carboxylic acids is 1. The Morgan fingerprint density at radius 1 is 1.33 bits per heavy atom. The molecule has 1 fully saturated rings. The van der Waals surface area contributed by atoms with Crippen molar-refractivity contribution in [2.45, 2.75) is 19.3 Å². The molecule has 1 amide bonds. The van der Waals surface area contributed by atoms with Gasteiger partial charge >= 0.3 is 0 Å². The average molecular weight is 250 g/mol. The second-order valence-electron chi connectivity index (χ2n) is 4.20. The van der Waals surface area contributed by atoms with E-state index in [4.69, 9.17) is 5.84 Å². The van der Waals surface area contributed by atoms with Crippen LogP contribution in [0.5, 0.6) is 0 Å². The molecule has 1 aromatic heterocycles. The Bertz CT molecular complexity index is 404. The summed E-state index contributed by atoms with van der Waals surface area (Å²) in [5.74, 6) is 6.54. The van der Waals surface area contributed by atoms with Crippen LogP contribution < -0.4 is 16.6 Å². The SMILES string of the molecule is NNc1cncc(NCCC(=O)N2CCCC2)n1. The maximum Gasteiger partial charge on any atom is 0.224 e. The summed E-state index contributed by atoms with van der Waals surface area (Å²) in [6, 6.07) is 0. The lowest BCUT2D eigenvalue weighted by atomic mass is 10.3. The minimum atomic E-state index is 0.195. The molecule has 0 aliphatic carbocycles. The average Bonchev–Trinajstić information content (AvgIpc) is 2.93. The molecular formula is C11H18N6O. The number of nitrogens with zero attached hydrogens (tertiary/aromatic N) is 3. The van der Waals surface area contributed by atoms with E-state index in [2.05, 4.69) is 20.7 Å². The summed E-state index contributed by atoms with van der Waals surface area (Å²) in [6.07, 6.45) is 5.84. The number of likely N-dealkylation sites (tertiary alicyclic amines) is 1. The van der Waals surface area contributed by atoms with E-state index in [9.17, 15) is 4.79 Å². The van der Waals surface area contributed by atoms with Gasteiger partial charge in [-0.3, -0.25) is 9.78 Å². The van der Waals surface area contributed by atoms with Crippen LogP contribution in [0.15, 0.2) is 12.4 Å². The van der Waals surface area contributed by atoms with Crippen molar-refractivity contribution in [3.8, 4) is 0 Å². The number of carbonyl (C=O) groups is 1. The first-order chi connectivity index (χ1) is 8.79. The molecule has 1 aromatic rings. The first-order valence-corrected chi connectivity index (χ1v) is 6.10. The Hall–Kier alpha value is -1.89. The van der Waals surface area contributed by atoms with Gasteiger partial charge in [0, 0.05) is 26.1 Å². The van der Waals surface area contributed by atoms with Gasteiger partial charge in [0.15, 0.2) is 5.82 Å².